The van der Waals surface area contributed by atoms with Crippen LogP contribution in [0.4, 0.5) is 0 Å². The molecule has 1 aromatic rings. The quantitative estimate of drug-likeness (QED) is 0.780. The highest BCUT2D eigenvalue weighted by Crippen LogP contribution is 2.34. The van der Waals surface area contributed by atoms with E-state index in [9.17, 15) is 4.21 Å². The van der Waals surface area contributed by atoms with Crippen molar-refractivity contribution in [2.45, 2.75) is 24.0 Å². The van der Waals surface area contributed by atoms with E-state index in [0.29, 0.717) is 19.0 Å². The van der Waals surface area contributed by atoms with Crippen molar-refractivity contribution in [1.82, 2.24) is 9.78 Å². The second kappa shape index (κ2) is 3.44. The fraction of sp³-hybridized carbons (Fsp3) is 0.625. The zero-order valence-corrected chi connectivity index (χ0v) is 9.91. The molecule has 1 aliphatic heterocycles. The van der Waals surface area contributed by atoms with Crippen LogP contribution in [0.25, 0.3) is 0 Å². The Hall–Kier alpha value is -1.12. The number of nitrogens with zero attached hydrogens (tertiary/aromatic N) is 2. The van der Waals surface area contributed by atoms with Gasteiger partial charge in [-0.25, -0.2) is 18.8 Å². The summed E-state index contributed by atoms with van der Waals surface area (Å²) in [6.07, 6.45) is 1.32. The molecule has 0 saturated carbocycles. The minimum absolute atomic E-state index is 0.132. The molecule has 0 spiro atoms. The Morgan fingerprint density at radius 3 is 3.12 bits per heavy atom. The van der Waals surface area contributed by atoms with Gasteiger partial charge in [0.25, 0.3) is 0 Å². The van der Waals surface area contributed by atoms with Crippen molar-refractivity contribution < 1.29 is 13.7 Å². The maximum Gasteiger partial charge on any atom is 0.231 e. The first-order chi connectivity index (χ1) is 7.36. The molecule has 0 aliphatic carbocycles. The van der Waals surface area contributed by atoms with Gasteiger partial charge in [-0.15, -0.1) is 0 Å². The van der Waals surface area contributed by atoms with E-state index in [1.165, 1.54) is 6.20 Å². The van der Waals surface area contributed by atoms with Crippen molar-refractivity contribution in [3.8, 4) is 5.88 Å². The third kappa shape index (κ3) is 1.79. The van der Waals surface area contributed by atoms with Crippen LogP contribution in [-0.4, -0.2) is 33.3 Å². The average molecular weight is 246 g/mol. The topological polar surface area (TPSA) is 103 Å². The maximum atomic E-state index is 11.5. The number of fused-ring (bicyclic) bond motifs is 1. The van der Waals surface area contributed by atoms with Gasteiger partial charge in [0.2, 0.25) is 5.88 Å². The second-order valence-electron chi connectivity index (χ2n) is 4.06. The van der Waals surface area contributed by atoms with Gasteiger partial charge in [0.05, 0.1) is 19.3 Å². The van der Waals surface area contributed by atoms with E-state index >= 15 is 0 Å². The first kappa shape index (κ1) is 11.4. The third-order valence-corrected chi connectivity index (χ3v) is 3.30. The lowest BCUT2D eigenvalue weighted by molar-refractivity contribution is 0.0165. The molecule has 3 N–H and O–H groups in total. The number of rotatable bonds is 3. The Morgan fingerprint density at radius 2 is 2.56 bits per heavy atom. The molecule has 2 heterocycles. The molecule has 1 aromatic heterocycles. The normalized spacial score (nSPS) is 27.2. The molecule has 0 aromatic carbocycles. The van der Waals surface area contributed by atoms with Crippen LogP contribution >= 0.6 is 0 Å². The molecule has 2 rings (SSSR count). The van der Waals surface area contributed by atoms with Crippen LogP contribution < -0.4 is 9.88 Å². The van der Waals surface area contributed by atoms with Crippen molar-refractivity contribution in [3.63, 3.8) is 0 Å². The molecular weight excluding hydrogens is 232 g/mol. The average Bonchev–Trinajstić information content (AvgIpc) is 2.58. The van der Waals surface area contributed by atoms with Crippen molar-refractivity contribution in [2.24, 2.45) is 5.14 Å². The molecule has 0 amide bonds. The van der Waals surface area contributed by atoms with Gasteiger partial charge >= 0.3 is 0 Å². The largest absolute Gasteiger partial charge is 0.466 e. The van der Waals surface area contributed by atoms with Crippen LogP contribution in [0, 0.1) is 4.78 Å². The first-order valence-electron chi connectivity index (χ1n) is 4.66. The van der Waals surface area contributed by atoms with Gasteiger partial charge in [0.15, 0.2) is 5.60 Å². The molecule has 0 fully saturated rings. The minimum atomic E-state index is -3.30. The first-order valence-corrected chi connectivity index (χ1v) is 6.28. The zero-order valence-electron chi connectivity index (χ0n) is 9.10. The van der Waals surface area contributed by atoms with Gasteiger partial charge in [-0.3, -0.25) is 0 Å². The van der Waals surface area contributed by atoms with E-state index in [0.717, 1.165) is 0 Å². The fourth-order valence-electron chi connectivity index (χ4n) is 1.74. The van der Waals surface area contributed by atoms with Crippen LogP contribution in [0.15, 0.2) is 11.1 Å². The number of nitrogens with two attached hydrogens (primary N) is 1. The van der Waals surface area contributed by atoms with Crippen molar-refractivity contribution in [3.05, 3.63) is 6.20 Å². The third-order valence-electron chi connectivity index (χ3n) is 2.36. The Bertz CT molecular complexity index is 509. The smallest absolute Gasteiger partial charge is 0.231 e. The van der Waals surface area contributed by atoms with E-state index in [1.54, 1.807) is 11.8 Å². The molecule has 2 unspecified atom stereocenters. The Balaban J connectivity index is 2.37. The molecule has 1 aliphatic rings. The summed E-state index contributed by atoms with van der Waals surface area (Å²) < 4.78 is 31.0. The number of methoxy groups -OCH3 is 1. The number of nitrogens with one attached hydrogen (secondary N) is 1. The molecule has 0 radical (unpaired) electrons. The molecule has 7 nitrogen and oxygen atoms in total. The fourth-order valence-corrected chi connectivity index (χ4v) is 2.35. The number of hydrogen-bond donors (Lipinski definition) is 2. The maximum absolute atomic E-state index is 11.5. The molecule has 90 valence electrons. The standard InChI is InChI=1S/C8H14N4O3S/c1-8(5-14-2)4-12-7(15-8)6(3-11-12)16(9,10)13/h3H,4-5H2,1-2H3,(H3,9,10,13). The van der Waals surface area contributed by atoms with E-state index in [1.807, 2.05) is 6.92 Å². The number of hydrogen-bond acceptors (Lipinski definition) is 5. The lowest BCUT2D eigenvalue weighted by Gasteiger charge is -2.21. The summed E-state index contributed by atoms with van der Waals surface area (Å²) in [7, 11) is -1.72. The highest BCUT2D eigenvalue weighted by molar-refractivity contribution is 7.90. The van der Waals surface area contributed by atoms with Crippen LogP contribution in [-0.2, 0) is 21.2 Å². The molecule has 0 saturated heterocycles. The summed E-state index contributed by atoms with van der Waals surface area (Å²) in [4.78, 5) is 0.132. The van der Waals surface area contributed by atoms with E-state index in [4.69, 9.17) is 19.4 Å². The highest BCUT2D eigenvalue weighted by Gasteiger charge is 2.38. The van der Waals surface area contributed by atoms with Gasteiger partial charge in [-0.05, 0) is 6.92 Å². The molecule has 2 atom stereocenters. The molecule has 8 heteroatoms. The molecular formula is C8H14N4O3S. The highest BCUT2D eigenvalue weighted by atomic mass is 32.2. The van der Waals surface area contributed by atoms with Gasteiger partial charge in [0.1, 0.15) is 14.8 Å². The van der Waals surface area contributed by atoms with Crippen LogP contribution in [0.2, 0.25) is 0 Å². The zero-order chi connectivity index (χ0) is 12.0. The van der Waals surface area contributed by atoms with Crippen molar-refractivity contribution in [2.75, 3.05) is 13.7 Å². The van der Waals surface area contributed by atoms with Crippen LogP contribution in [0.3, 0.4) is 0 Å². The number of aromatic nitrogens is 2. The van der Waals surface area contributed by atoms with Crippen molar-refractivity contribution in [1.29, 1.82) is 4.78 Å². The van der Waals surface area contributed by atoms with Gasteiger partial charge < -0.3 is 9.47 Å². The summed E-state index contributed by atoms with van der Waals surface area (Å²) in [5, 5.41) is 9.26. The van der Waals surface area contributed by atoms with E-state index in [2.05, 4.69) is 5.10 Å². The summed E-state index contributed by atoms with van der Waals surface area (Å²) in [5.74, 6) is 0.307. The Morgan fingerprint density at radius 1 is 1.88 bits per heavy atom. The lowest BCUT2D eigenvalue weighted by atomic mass is 10.1. The summed E-state index contributed by atoms with van der Waals surface area (Å²) in [5.41, 5.74) is -0.544. The molecule has 0 bridgehead atoms. The van der Waals surface area contributed by atoms with Crippen LogP contribution in [0.1, 0.15) is 6.92 Å². The minimum Gasteiger partial charge on any atom is -0.466 e. The Kier molecular flexibility index (Phi) is 2.44. The Labute approximate surface area is 93.6 Å². The summed E-state index contributed by atoms with van der Waals surface area (Å²) >= 11 is 0. The SMILES string of the molecule is COCC1(C)Cn2ncc(S(=N)(N)=O)c2O1. The summed E-state index contributed by atoms with van der Waals surface area (Å²) in [6, 6.07) is 0. The lowest BCUT2D eigenvalue weighted by Crippen LogP contribution is -2.36. The van der Waals surface area contributed by atoms with Crippen LogP contribution in [0.5, 0.6) is 5.88 Å². The second-order valence-corrected chi connectivity index (χ2v) is 5.70. The predicted molar refractivity (Wildman–Crippen MR) is 56.5 cm³/mol. The number of ether oxygens (including phenoxy) is 2. The van der Waals surface area contributed by atoms with Crippen molar-refractivity contribution >= 4 is 9.92 Å². The van der Waals surface area contributed by atoms with Gasteiger partial charge in [-0.2, -0.15) is 5.10 Å². The summed E-state index contributed by atoms with van der Waals surface area (Å²) in [6.45, 7) is 2.74. The van der Waals surface area contributed by atoms with E-state index in [-0.39, 0.29) is 4.90 Å². The monoisotopic (exact) mass is 246 g/mol. The molecule has 16 heavy (non-hydrogen) atoms. The van der Waals surface area contributed by atoms with E-state index < -0.39 is 15.5 Å². The van der Waals surface area contributed by atoms with Gasteiger partial charge in [-0.1, -0.05) is 0 Å². The predicted octanol–water partition coefficient (Wildman–Crippen LogP) is -0.0400. The van der Waals surface area contributed by atoms with Gasteiger partial charge in [0, 0.05) is 7.11 Å².